The molecule has 0 aliphatic carbocycles. The predicted molar refractivity (Wildman–Crippen MR) is 85.3 cm³/mol. The maximum atomic E-state index is 12.2. The second-order valence-electron chi connectivity index (χ2n) is 5.42. The molecule has 1 aliphatic rings. The van der Waals surface area contributed by atoms with Gasteiger partial charge in [0.15, 0.2) is 0 Å². The topological polar surface area (TPSA) is 49.6 Å². The molecule has 4 nitrogen and oxygen atoms in total. The summed E-state index contributed by atoms with van der Waals surface area (Å²) >= 11 is 0. The molecule has 1 aromatic carbocycles. The predicted octanol–water partition coefficient (Wildman–Crippen LogP) is 1.74. The molecule has 20 heavy (non-hydrogen) atoms. The van der Waals surface area contributed by atoms with Gasteiger partial charge in [-0.05, 0) is 18.1 Å². The van der Waals surface area contributed by atoms with Crippen molar-refractivity contribution in [2.45, 2.75) is 19.9 Å². The van der Waals surface area contributed by atoms with Crippen LogP contribution in [0.2, 0.25) is 0 Å². The van der Waals surface area contributed by atoms with Gasteiger partial charge in [0.05, 0.1) is 6.04 Å². The number of hydrogen-bond donors (Lipinski definition) is 1. The Kier molecular flexibility index (Phi) is 6.30. The van der Waals surface area contributed by atoms with Gasteiger partial charge in [-0.3, -0.25) is 4.79 Å². The number of halogens is 1. The van der Waals surface area contributed by atoms with Crippen LogP contribution in [0.5, 0.6) is 0 Å². The van der Waals surface area contributed by atoms with E-state index in [1.54, 1.807) is 0 Å². The van der Waals surface area contributed by atoms with E-state index in [1.165, 1.54) is 5.69 Å². The third-order valence-corrected chi connectivity index (χ3v) is 3.72. The highest BCUT2D eigenvalue weighted by atomic mass is 35.5. The van der Waals surface area contributed by atoms with Crippen molar-refractivity contribution in [3.8, 4) is 0 Å². The van der Waals surface area contributed by atoms with Crippen LogP contribution >= 0.6 is 12.4 Å². The average molecular weight is 298 g/mol. The van der Waals surface area contributed by atoms with Crippen molar-refractivity contribution in [2.75, 3.05) is 31.1 Å². The van der Waals surface area contributed by atoms with E-state index in [9.17, 15) is 4.79 Å². The molecular formula is C15H24ClN3O. The number of rotatable bonds is 3. The van der Waals surface area contributed by atoms with Gasteiger partial charge < -0.3 is 15.5 Å². The van der Waals surface area contributed by atoms with Crippen molar-refractivity contribution >= 4 is 24.0 Å². The zero-order chi connectivity index (χ0) is 13.8. The summed E-state index contributed by atoms with van der Waals surface area (Å²) in [5.41, 5.74) is 7.16. The van der Waals surface area contributed by atoms with Gasteiger partial charge in [0, 0.05) is 31.9 Å². The molecule has 5 heteroatoms. The Morgan fingerprint density at radius 1 is 1.10 bits per heavy atom. The standard InChI is InChI=1S/C15H23N3O.ClH/c1-12(2)14(16)15(19)18-10-8-17(9-11-18)13-6-4-3-5-7-13;/h3-7,12,14H,8-11,16H2,1-2H3;1H/t14-;/m0./s1. The number of carbonyl (C=O) groups excluding carboxylic acids is 1. The van der Waals surface area contributed by atoms with Gasteiger partial charge >= 0.3 is 0 Å². The van der Waals surface area contributed by atoms with Crippen LogP contribution in [-0.2, 0) is 4.79 Å². The van der Waals surface area contributed by atoms with Crippen LogP contribution in [0.3, 0.4) is 0 Å². The highest BCUT2D eigenvalue weighted by Gasteiger charge is 2.26. The van der Waals surface area contributed by atoms with Gasteiger partial charge in [-0.15, -0.1) is 12.4 Å². The number of nitrogens with zero attached hydrogens (tertiary/aromatic N) is 2. The summed E-state index contributed by atoms with van der Waals surface area (Å²) in [7, 11) is 0. The molecule has 0 radical (unpaired) electrons. The zero-order valence-corrected chi connectivity index (χ0v) is 13.0. The van der Waals surface area contributed by atoms with Crippen LogP contribution in [0.4, 0.5) is 5.69 Å². The molecule has 1 aliphatic heterocycles. The summed E-state index contributed by atoms with van der Waals surface area (Å²) < 4.78 is 0. The van der Waals surface area contributed by atoms with Crippen molar-refractivity contribution < 1.29 is 4.79 Å². The Balaban J connectivity index is 0.00000200. The monoisotopic (exact) mass is 297 g/mol. The van der Waals surface area contributed by atoms with Crippen molar-refractivity contribution in [2.24, 2.45) is 11.7 Å². The Labute approximate surface area is 127 Å². The molecule has 1 aromatic rings. The highest BCUT2D eigenvalue weighted by Crippen LogP contribution is 2.16. The molecule has 1 saturated heterocycles. The number of para-hydroxylation sites is 1. The second kappa shape index (κ2) is 7.50. The molecule has 2 rings (SSSR count). The van der Waals surface area contributed by atoms with Crippen LogP contribution in [0.25, 0.3) is 0 Å². The summed E-state index contributed by atoms with van der Waals surface area (Å²) in [6.45, 7) is 7.25. The van der Waals surface area contributed by atoms with Gasteiger partial charge in [0.25, 0.3) is 0 Å². The van der Waals surface area contributed by atoms with Gasteiger partial charge in [-0.1, -0.05) is 32.0 Å². The fraction of sp³-hybridized carbons (Fsp3) is 0.533. The summed E-state index contributed by atoms with van der Waals surface area (Å²) in [6.07, 6.45) is 0. The number of amides is 1. The molecule has 0 unspecified atom stereocenters. The van der Waals surface area contributed by atoms with E-state index in [1.807, 2.05) is 36.9 Å². The summed E-state index contributed by atoms with van der Waals surface area (Å²) in [5.74, 6) is 0.280. The zero-order valence-electron chi connectivity index (χ0n) is 12.2. The van der Waals surface area contributed by atoms with E-state index in [0.29, 0.717) is 0 Å². The Bertz CT molecular complexity index is 416. The Morgan fingerprint density at radius 3 is 2.15 bits per heavy atom. The first-order chi connectivity index (χ1) is 9.09. The smallest absolute Gasteiger partial charge is 0.239 e. The number of piperazine rings is 1. The van der Waals surface area contributed by atoms with Crippen LogP contribution in [-0.4, -0.2) is 43.0 Å². The highest BCUT2D eigenvalue weighted by molar-refractivity contribution is 5.85. The molecule has 1 heterocycles. The largest absolute Gasteiger partial charge is 0.368 e. The molecule has 1 amide bonds. The average Bonchev–Trinajstić information content (AvgIpc) is 2.46. The SMILES string of the molecule is CC(C)[C@H](N)C(=O)N1CCN(c2ccccc2)CC1.Cl. The van der Waals surface area contributed by atoms with Gasteiger partial charge in [0.1, 0.15) is 0 Å². The normalized spacial score (nSPS) is 16.8. The van der Waals surface area contributed by atoms with Gasteiger partial charge in [-0.2, -0.15) is 0 Å². The number of nitrogens with two attached hydrogens (primary N) is 1. The van der Waals surface area contributed by atoms with E-state index in [2.05, 4.69) is 17.0 Å². The van der Waals surface area contributed by atoms with E-state index in [0.717, 1.165) is 26.2 Å². The fourth-order valence-corrected chi connectivity index (χ4v) is 2.32. The lowest BCUT2D eigenvalue weighted by atomic mass is 10.0. The van der Waals surface area contributed by atoms with Crippen LogP contribution in [0, 0.1) is 5.92 Å². The molecule has 1 atom stereocenters. The van der Waals surface area contributed by atoms with Crippen LogP contribution in [0.15, 0.2) is 30.3 Å². The third-order valence-electron chi connectivity index (χ3n) is 3.72. The molecule has 0 saturated carbocycles. The maximum absolute atomic E-state index is 12.2. The van der Waals surface area contributed by atoms with Crippen LogP contribution < -0.4 is 10.6 Å². The van der Waals surface area contributed by atoms with E-state index in [4.69, 9.17) is 5.73 Å². The second-order valence-corrected chi connectivity index (χ2v) is 5.42. The van der Waals surface area contributed by atoms with E-state index >= 15 is 0 Å². The summed E-state index contributed by atoms with van der Waals surface area (Å²) in [6, 6.07) is 9.95. The molecule has 0 bridgehead atoms. The number of benzene rings is 1. The van der Waals surface area contributed by atoms with Crippen molar-refractivity contribution in [1.29, 1.82) is 0 Å². The minimum Gasteiger partial charge on any atom is -0.368 e. The number of anilines is 1. The third kappa shape index (κ3) is 3.87. The lowest BCUT2D eigenvalue weighted by Gasteiger charge is -2.37. The quantitative estimate of drug-likeness (QED) is 0.924. The maximum Gasteiger partial charge on any atom is 0.239 e. The van der Waals surface area contributed by atoms with Crippen molar-refractivity contribution in [3.05, 3.63) is 30.3 Å². The van der Waals surface area contributed by atoms with Crippen LogP contribution in [0.1, 0.15) is 13.8 Å². The van der Waals surface area contributed by atoms with Crippen molar-refractivity contribution in [1.82, 2.24) is 4.90 Å². The fourth-order valence-electron chi connectivity index (χ4n) is 2.32. The Hall–Kier alpha value is -1.26. The summed E-state index contributed by atoms with van der Waals surface area (Å²) in [5, 5.41) is 0. The van der Waals surface area contributed by atoms with E-state index < -0.39 is 0 Å². The number of hydrogen-bond acceptors (Lipinski definition) is 3. The van der Waals surface area contributed by atoms with E-state index in [-0.39, 0.29) is 30.3 Å². The first-order valence-electron chi connectivity index (χ1n) is 6.94. The molecule has 0 spiro atoms. The number of carbonyl (C=O) groups is 1. The first kappa shape index (κ1) is 16.8. The lowest BCUT2D eigenvalue weighted by molar-refractivity contribution is -0.133. The molecule has 112 valence electrons. The first-order valence-corrected chi connectivity index (χ1v) is 6.94. The molecule has 2 N–H and O–H groups in total. The summed E-state index contributed by atoms with van der Waals surface area (Å²) in [4.78, 5) is 16.4. The molecule has 0 aromatic heterocycles. The minimum absolute atomic E-state index is 0. The van der Waals surface area contributed by atoms with Gasteiger partial charge in [0.2, 0.25) is 5.91 Å². The van der Waals surface area contributed by atoms with Gasteiger partial charge in [-0.25, -0.2) is 0 Å². The van der Waals surface area contributed by atoms with Crippen molar-refractivity contribution in [3.63, 3.8) is 0 Å². The molecular weight excluding hydrogens is 274 g/mol. The minimum atomic E-state index is -0.372. The molecule has 1 fully saturated rings. The Morgan fingerprint density at radius 2 is 1.65 bits per heavy atom. The lowest BCUT2D eigenvalue weighted by Crippen LogP contribution is -2.54.